The third-order valence-electron chi connectivity index (χ3n) is 3.28. The molecular formula is C15H13FN2O. The summed E-state index contributed by atoms with van der Waals surface area (Å²) in [5.41, 5.74) is 2.42. The average Bonchev–Trinajstić information content (AvgIpc) is 2.65. The minimum Gasteiger partial charge on any atom is -0.295 e. The van der Waals surface area contributed by atoms with Gasteiger partial charge in [-0.15, -0.1) is 0 Å². The van der Waals surface area contributed by atoms with E-state index in [-0.39, 0.29) is 11.5 Å². The molecule has 0 amide bonds. The summed E-state index contributed by atoms with van der Waals surface area (Å²) < 4.78 is 16.5. The number of halogens is 1. The molecule has 3 rings (SSSR count). The highest BCUT2D eigenvalue weighted by atomic mass is 19.1. The zero-order chi connectivity index (χ0) is 13.4. The van der Waals surface area contributed by atoms with Crippen molar-refractivity contribution < 1.29 is 4.39 Å². The number of imidazole rings is 1. The maximum Gasteiger partial charge on any atom is 0.329 e. The third-order valence-corrected chi connectivity index (χ3v) is 3.28. The normalized spacial score (nSPS) is 11.1. The smallest absolute Gasteiger partial charge is 0.295 e. The predicted octanol–water partition coefficient (Wildman–Crippen LogP) is 2.53. The Bertz CT molecular complexity index is 801. The van der Waals surface area contributed by atoms with Crippen molar-refractivity contribution in [1.82, 2.24) is 9.13 Å². The summed E-state index contributed by atoms with van der Waals surface area (Å²) in [5.74, 6) is -0.286. The number of hydrogen-bond acceptors (Lipinski definition) is 1. The molecule has 0 spiro atoms. The first-order valence-electron chi connectivity index (χ1n) is 6.05. The zero-order valence-electron chi connectivity index (χ0n) is 10.5. The molecule has 0 N–H and O–H groups in total. The topological polar surface area (TPSA) is 26.9 Å². The minimum atomic E-state index is -0.286. The Kier molecular flexibility index (Phi) is 2.71. The van der Waals surface area contributed by atoms with E-state index < -0.39 is 0 Å². The number of hydrogen-bond donors (Lipinski definition) is 0. The Morgan fingerprint density at radius 1 is 1.05 bits per heavy atom. The van der Waals surface area contributed by atoms with E-state index in [1.807, 2.05) is 30.3 Å². The molecule has 3 nitrogen and oxygen atoms in total. The molecule has 1 heterocycles. The SMILES string of the molecule is Cn1c(=O)n(Cc2cccc(F)c2)c2ccccc21. The van der Waals surface area contributed by atoms with Gasteiger partial charge in [-0.3, -0.25) is 9.13 Å². The van der Waals surface area contributed by atoms with Gasteiger partial charge in [-0.05, 0) is 29.8 Å². The molecule has 0 unspecified atom stereocenters. The first-order chi connectivity index (χ1) is 9.16. The lowest BCUT2D eigenvalue weighted by Crippen LogP contribution is -2.22. The van der Waals surface area contributed by atoms with Crippen molar-refractivity contribution in [2.24, 2.45) is 7.05 Å². The Hall–Kier alpha value is -2.36. The molecule has 0 radical (unpaired) electrons. The van der Waals surface area contributed by atoms with Crippen molar-refractivity contribution in [3.8, 4) is 0 Å². The van der Waals surface area contributed by atoms with Gasteiger partial charge in [0.15, 0.2) is 0 Å². The van der Waals surface area contributed by atoms with Crippen molar-refractivity contribution in [3.05, 3.63) is 70.4 Å². The fourth-order valence-electron chi connectivity index (χ4n) is 2.33. The molecule has 0 aliphatic rings. The number of aryl methyl sites for hydroxylation is 1. The van der Waals surface area contributed by atoms with Crippen LogP contribution in [0, 0.1) is 5.82 Å². The van der Waals surface area contributed by atoms with Crippen molar-refractivity contribution >= 4 is 11.0 Å². The molecule has 0 atom stereocenters. The molecule has 0 aliphatic heterocycles. The van der Waals surface area contributed by atoms with Gasteiger partial charge >= 0.3 is 5.69 Å². The van der Waals surface area contributed by atoms with E-state index in [4.69, 9.17) is 0 Å². The standard InChI is InChI=1S/C15H13FN2O/c1-17-13-7-2-3-8-14(13)18(15(17)19)10-11-5-4-6-12(16)9-11/h2-9H,10H2,1H3. The van der Waals surface area contributed by atoms with Gasteiger partial charge in [-0.25, -0.2) is 9.18 Å². The maximum absolute atomic E-state index is 13.2. The van der Waals surface area contributed by atoms with E-state index in [0.29, 0.717) is 6.54 Å². The molecule has 19 heavy (non-hydrogen) atoms. The van der Waals surface area contributed by atoms with Crippen LogP contribution in [-0.4, -0.2) is 9.13 Å². The van der Waals surface area contributed by atoms with Crippen LogP contribution in [-0.2, 0) is 13.6 Å². The van der Waals surface area contributed by atoms with Crippen molar-refractivity contribution in [2.45, 2.75) is 6.54 Å². The van der Waals surface area contributed by atoms with Crippen LogP contribution in [0.3, 0.4) is 0 Å². The van der Waals surface area contributed by atoms with Crippen molar-refractivity contribution in [1.29, 1.82) is 0 Å². The van der Waals surface area contributed by atoms with Gasteiger partial charge in [0.1, 0.15) is 5.82 Å². The van der Waals surface area contributed by atoms with Crippen molar-refractivity contribution in [2.75, 3.05) is 0 Å². The Morgan fingerprint density at radius 2 is 1.79 bits per heavy atom. The van der Waals surface area contributed by atoms with E-state index in [9.17, 15) is 9.18 Å². The van der Waals surface area contributed by atoms with Crippen LogP contribution in [0.1, 0.15) is 5.56 Å². The molecule has 2 aromatic carbocycles. The molecule has 0 fully saturated rings. The average molecular weight is 256 g/mol. The molecular weight excluding hydrogens is 243 g/mol. The van der Waals surface area contributed by atoms with Gasteiger partial charge in [0, 0.05) is 7.05 Å². The van der Waals surface area contributed by atoms with E-state index in [2.05, 4.69) is 0 Å². The monoisotopic (exact) mass is 256 g/mol. The van der Waals surface area contributed by atoms with Crippen LogP contribution in [0.15, 0.2) is 53.3 Å². The van der Waals surface area contributed by atoms with Crippen LogP contribution in [0.5, 0.6) is 0 Å². The third kappa shape index (κ3) is 1.95. The van der Waals surface area contributed by atoms with Gasteiger partial charge in [0.25, 0.3) is 0 Å². The molecule has 0 aliphatic carbocycles. The molecule has 0 saturated heterocycles. The minimum absolute atomic E-state index is 0.0922. The number of rotatable bonds is 2. The quantitative estimate of drug-likeness (QED) is 0.692. The lowest BCUT2D eigenvalue weighted by Gasteiger charge is -2.03. The summed E-state index contributed by atoms with van der Waals surface area (Å²) in [6.07, 6.45) is 0. The second-order valence-corrected chi connectivity index (χ2v) is 4.55. The van der Waals surface area contributed by atoms with Crippen LogP contribution in [0.2, 0.25) is 0 Å². The van der Waals surface area contributed by atoms with Crippen LogP contribution < -0.4 is 5.69 Å². The largest absolute Gasteiger partial charge is 0.329 e. The molecule has 3 aromatic rings. The Balaban J connectivity index is 2.16. The fraction of sp³-hybridized carbons (Fsp3) is 0.133. The van der Waals surface area contributed by atoms with Gasteiger partial charge < -0.3 is 0 Å². The van der Waals surface area contributed by atoms with E-state index >= 15 is 0 Å². The number of fused-ring (bicyclic) bond motifs is 1. The summed E-state index contributed by atoms with van der Waals surface area (Å²) in [4.78, 5) is 12.2. The highest BCUT2D eigenvalue weighted by Gasteiger charge is 2.10. The summed E-state index contributed by atoms with van der Waals surface area (Å²) in [5, 5.41) is 0. The molecule has 4 heteroatoms. The summed E-state index contributed by atoms with van der Waals surface area (Å²) >= 11 is 0. The van der Waals surface area contributed by atoms with Crippen molar-refractivity contribution in [3.63, 3.8) is 0 Å². The van der Waals surface area contributed by atoms with Gasteiger partial charge in [-0.2, -0.15) is 0 Å². The van der Waals surface area contributed by atoms with E-state index in [1.54, 1.807) is 22.2 Å². The van der Waals surface area contributed by atoms with Crippen LogP contribution >= 0.6 is 0 Å². The van der Waals surface area contributed by atoms with Crippen LogP contribution in [0.4, 0.5) is 4.39 Å². The first kappa shape index (κ1) is 11.7. The highest BCUT2D eigenvalue weighted by molar-refractivity contribution is 5.75. The molecule has 96 valence electrons. The number of aromatic nitrogens is 2. The lowest BCUT2D eigenvalue weighted by atomic mass is 10.2. The van der Waals surface area contributed by atoms with Gasteiger partial charge in [0.05, 0.1) is 17.6 Å². The Labute approximate surface area is 109 Å². The van der Waals surface area contributed by atoms with Crippen LogP contribution in [0.25, 0.3) is 11.0 Å². The molecule has 0 saturated carbocycles. The fourth-order valence-corrected chi connectivity index (χ4v) is 2.33. The predicted molar refractivity (Wildman–Crippen MR) is 72.7 cm³/mol. The lowest BCUT2D eigenvalue weighted by molar-refractivity contribution is 0.623. The van der Waals surface area contributed by atoms with E-state index in [1.165, 1.54) is 12.1 Å². The van der Waals surface area contributed by atoms with E-state index in [0.717, 1.165) is 16.6 Å². The molecule has 1 aromatic heterocycles. The number of benzene rings is 2. The summed E-state index contributed by atoms with van der Waals surface area (Å²) in [7, 11) is 1.74. The first-order valence-corrected chi connectivity index (χ1v) is 6.05. The van der Waals surface area contributed by atoms with Gasteiger partial charge in [0.2, 0.25) is 0 Å². The van der Waals surface area contributed by atoms with Gasteiger partial charge in [-0.1, -0.05) is 24.3 Å². The zero-order valence-corrected chi connectivity index (χ0v) is 10.5. The maximum atomic E-state index is 13.2. The number of nitrogens with zero attached hydrogens (tertiary/aromatic N) is 2. The number of para-hydroxylation sites is 2. The Morgan fingerprint density at radius 3 is 2.53 bits per heavy atom. The second kappa shape index (κ2) is 4.39. The summed E-state index contributed by atoms with van der Waals surface area (Å²) in [6.45, 7) is 0.373. The molecule has 0 bridgehead atoms. The highest BCUT2D eigenvalue weighted by Crippen LogP contribution is 2.13. The second-order valence-electron chi connectivity index (χ2n) is 4.55. The summed E-state index contributed by atoms with van der Waals surface area (Å²) in [6, 6.07) is 13.9.